The minimum absolute atomic E-state index is 0.150. The van der Waals surface area contributed by atoms with Crippen LogP contribution in [-0.2, 0) is 13.0 Å². The van der Waals surface area contributed by atoms with E-state index in [0.717, 1.165) is 16.8 Å². The number of aliphatic hydroxyl groups excluding tert-OH is 1. The molecule has 2 N–H and O–H groups in total. The van der Waals surface area contributed by atoms with Gasteiger partial charge in [0.2, 0.25) is 0 Å². The molecule has 0 fully saturated rings. The van der Waals surface area contributed by atoms with Gasteiger partial charge < -0.3 is 19.7 Å². The minimum Gasteiger partial charge on any atom is -0.489 e. The van der Waals surface area contributed by atoms with Crippen LogP contribution in [0.3, 0.4) is 0 Å². The van der Waals surface area contributed by atoms with Crippen LogP contribution in [0.25, 0.3) is 0 Å². The van der Waals surface area contributed by atoms with Crippen molar-refractivity contribution in [2.24, 2.45) is 0 Å². The van der Waals surface area contributed by atoms with Crippen LogP contribution < -0.4 is 10.3 Å². The standard InChI is InChI=1S/C23H30ClN3O4/c1-12(2)31-18-10-16(22(29)26(5)6)15-7-8-27(23(30)19(15)20(18)24)11-17-13(3)9-14(4)25-21(17)28/h9-10,12,22,29H,7-8,11H2,1-6H3,(H,25,28). The summed E-state index contributed by atoms with van der Waals surface area (Å²) < 4.78 is 5.85. The highest BCUT2D eigenvalue weighted by molar-refractivity contribution is 6.35. The molecule has 1 amide bonds. The molecule has 0 aliphatic carbocycles. The van der Waals surface area contributed by atoms with Gasteiger partial charge in [-0.2, -0.15) is 0 Å². The maximum absolute atomic E-state index is 13.5. The summed E-state index contributed by atoms with van der Waals surface area (Å²) in [4.78, 5) is 32.1. The first-order valence-corrected chi connectivity index (χ1v) is 10.7. The van der Waals surface area contributed by atoms with Crippen molar-refractivity contribution < 1.29 is 14.6 Å². The van der Waals surface area contributed by atoms with E-state index in [4.69, 9.17) is 16.3 Å². The summed E-state index contributed by atoms with van der Waals surface area (Å²) in [6.07, 6.45) is -0.531. The predicted molar refractivity (Wildman–Crippen MR) is 121 cm³/mol. The molecule has 1 aromatic heterocycles. The quantitative estimate of drug-likeness (QED) is 0.664. The zero-order valence-electron chi connectivity index (χ0n) is 18.9. The Morgan fingerprint density at radius 1 is 1.26 bits per heavy atom. The van der Waals surface area contributed by atoms with E-state index < -0.39 is 6.23 Å². The number of hydrogen-bond donors (Lipinski definition) is 2. The highest BCUT2D eigenvalue weighted by Gasteiger charge is 2.33. The van der Waals surface area contributed by atoms with E-state index in [2.05, 4.69) is 4.98 Å². The second-order valence-electron chi connectivity index (χ2n) is 8.56. The van der Waals surface area contributed by atoms with Gasteiger partial charge >= 0.3 is 0 Å². The molecule has 1 aromatic carbocycles. The lowest BCUT2D eigenvalue weighted by Gasteiger charge is -2.33. The molecule has 8 heteroatoms. The van der Waals surface area contributed by atoms with E-state index in [1.165, 1.54) is 0 Å². The summed E-state index contributed by atoms with van der Waals surface area (Å²) in [6.45, 7) is 8.06. The Hall–Kier alpha value is -2.35. The first-order chi connectivity index (χ1) is 14.5. The fourth-order valence-corrected chi connectivity index (χ4v) is 4.25. The van der Waals surface area contributed by atoms with Crippen LogP contribution in [0, 0.1) is 13.8 Å². The van der Waals surface area contributed by atoms with E-state index in [0.29, 0.717) is 35.4 Å². The Labute approximate surface area is 187 Å². The third-order valence-corrected chi connectivity index (χ3v) is 5.85. The highest BCUT2D eigenvalue weighted by Crippen LogP contribution is 2.40. The predicted octanol–water partition coefficient (Wildman–Crippen LogP) is 3.18. The number of carbonyl (C=O) groups is 1. The van der Waals surface area contributed by atoms with Gasteiger partial charge in [-0.05, 0) is 71.5 Å². The van der Waals surface area contributed by atoms with Crippen molar-refractivity contribution in [3.8, 4) is 5.75 Å². The van der Waals surface area contributed by atoms with Gasteiger partial charge in [0.1, 0.15) is 12.0 Å². The number of amides is 1. The molecule has 0 radical (unpaired) electrons. The number of nitrogens with one attached hydrogen (secondary N) is 1. The molecule has 0 spiro atoms. The first-order valence-electron chi connectivity index (χ1n) is 10.4. The van der Waals surface area contributed by atoms with Crippen molar-refractivity contribution in [1.82, 2.24) is 14.8 Å². The molecule has 168 valence electrons. The molecular weight excluding hydrogens is 418 g/mol. The minimum atomic E-state index is -0.901. The van der Waals surface area contributed by atoms with Crippen LogP contribution in [-0.4, -0.2) is 52.5 Å². The highest BCUT2D eigenvalue weighted by atomic mass is 35.5. The molecule has 0 saturated heterocycles. The number of aromatic nitrogens is 1. The lowest BCUT2D eigenvalue weighted by molar-refractivity contribution is 0.0378. The Bertz CT molecular complexity index is 1060. The second-order valence-corrected chi connectivity index (χ2v) is 8.93. The second kappa shape index (κ2) is 9.02. The smallest absolute Gasteiger partial charge is 0.256 e. The maximum Gasteiger partial charge on any atom is 0.256 e. The van der Waals surface area contributed by atoms with Crippen molar-refractivity contribution in [3.63, 3.8) is 0 Å². The molecule has 31 heavy (non-hydrogen) atoms. The Balaban J connectivity index is 2.08. The maximum atomic E-state index is 13.5. The van der Waals surface area contributed by atoms with E-state index in [9.17, 15) is 14.7 Å². The van der Waals surface area contributed by atoms with Gasteiger partial charge in [-0.25, -0.2) is 0 Å². The molecule has 1 unspecified atom stereocenters. The molecule has 0 saturated carbocycles. The normalized spacial score (nSPS) is 14.9. The summed E-state index contributed by atoms with van der Waals surface area (Å²) in [5, 5.41) is 11.0. The summed E-state index contributed by atoms with van der Waals surface area (Å²) in [5.74, 6) is 0.0953. The zero-order chi connectivity index (χ0) is 23.0. The zero-order valence-corrected chi connectivity index (χ0v) is 19.6. The number of ether oxygens (including phenoxy) is 1. The largest absolute Gasteiger partial charge is 0.489 e. The topological polar surface area (TPSA) is 85.9 Å². The molecule has 1 aliphatic rings. The number of H-pyrrole nitrogens is 1. The first kappa shape index (κ1) is 23.3. The van der Waals surface area contributed by atoms with Crippen LogP contribution in [0.1, 0.15) is 58.4 Å². The number of halogens is 1. The van der Waals surface area contributed by atoms with E-state index in [1.807, 2.05) is 33.8 Å². The van der Waals surface area contributed by atoms with Gasteiger partial charge in [0.15, 0.2) is 0 Å². The van der Waals surface area contributed by atoms with Crippen molar-refractivity contribution in [1.29, 1.82) is 0 Å². The van der Waals surface area contributed by atoms with E-state index in [1.54, 1.807) is 30.0 Å². The number of aromatic amines is 1. The van der Waals surface area contributed by atoms with Crippen LogP contribution in [0.15, 0.2) is 16.9 Å². The van der Waals surface area contributed by atoms with Crippen molar-refractivity contribution in [2.45, 2.75) is 53.0 Å². The molecule has 1 aliphatic heterocycles. The average molecular weight is 448 g/mol. The van der Waals surface area contributed by atoms with Crippen molar-refractivity contribution in [2.75, 3.05) is 20.6 Å². The Morgan fingerprint density at radius 2 is 1.94 bits per heavy atom. The number of carbonyl (C=O) groups excluding carboxylic acids is 1. The number of nitrogens with zero attached hydrogens (tertiary/aromatic N) is 2. The van der Waals surface area contributed by atoms with Crippen LogP contribution >= 0.6 is 11.6 Å². The molecule has 2 aromatic rings. The fraction of sp³-hybridized carbons (Fsp3) is 0.478. The molecule has 2 heterocycles. The summed E-state index contributed by atoms with van der Waals surface area (Å²) >= 11 is 6.64. The number of rotatable bonds is 6. The third kappa shape index (κ3) is 4.63. The Morgan fingerprint density at radius 3 is 2.52 bits per heavy atom. The molecular formula is C23H30ClN3O4. The number of benzene rings is 1. The van der Waals surface area contributed by atoms with Crippen molar-refractivity contribution >= 4 is 17.5 Å². The molecule has 3 rings (SSSR count). The summed E-state index contributed by atoms with van der Waals surface area (Å²) in [5.41, 5.74) is 3.65. The van der Waals surface area contributed by atoms with E-state index in [-0.39, 0.29) is 29.1 Å². The monoisotopic (exact) mass is 447 g/mol. The van der Waals surface area contributed by atoms with Crippen LogP contribution in [0.5, 0.6) is 5.75 Å². The van der Waals surface area contributed by atoms with Gasteiger partial charge in [-0.3, -0.25) is 14.5 Å². The van der Waals surface area contributed by atoms with Crippen LogP contribution in [0.2, 0.25) is 5.02 Å². The van der Waals surface area contributed by atoms with Gasteiger partial charge in [-0.15, -0.1) is 0 Å². The molecule has 7 nitrogen and oxygen atoms in total. The number of aryl methyl sites for hydroxylation is 2. The number of pyridine rings is 1. The summed E-state index contributed by atoms with van der Waals surface area (Å²) in [6, 6.07) is 3.62. The lowest BCUT2D eigenvalue weighted by Crippen LogP contribution is -2.40. The SMILES string of the molecule is Cc1cc(C)c(CN2CCc3c(C(O)N(C)C)cc(OC(C)C)c(Cl)c3C2=O)c(=O)[nH]1. The van der Waals surface area contributed by atoms with Crippen molar-refractivity contribution in [3.05, 3.63) is 61.0 Å². The molecule has 0 bridgehead atoms. The summed E-state index contributed by atoms with van der Waals surface area (Å²) in [7, 11) is 3.52. The van der Waals surface area contributed by atoms with Crippen LogP contribution in [0.4, 0.5) is 0 Å². The van der Waals surface area contributed by atoms with Gasteiger partial charge in [-0.1, -0.05) is 11.6 Å². The lowest BCUT2D eigenvalue weighted by atomic mass is 9.91. The number of fused-ring (bicyclic) bond motifs is 1. The van der Waals surface area contributed by atoms with Gasteiger partial charge in [0.05, 0.1) is 23.2 Å². The fourth-order valence-electron chi connectivity index (χ4n) is 3.96. The van der Waals surface area contributed by atoms with E-state index >= 15 is 0 Å². The third-order valence-electron chi connectivity index (χ3n) is 5.48. The Kier molecular flexibility index (Phi) is 6.79. The van der Waals surface area contributed by atoms with Gasteiger partial charge in [0.25, 0.3) is 11.5 Å². The average Bonchev–Trinajstić information content (AvgIpc) is 2.67. The molecule has 1 atom stereocenters. The number of hydrogen-bond acceptors (Lipinski definition) is 5. The van der Waals surface area contributed by atoms with Gasteiger partial charge in [0, 0.05) is 23.4 Å². The number of aliphatic hydroxyl groups is 1.